The molecule has 1 aromatic carbocycles. The van der Waals surface area contributed by atoms with Crippen LogP contribution in [0.5, 0.6) is 0 Å². The summed E-state index contributed by atoms with van der Waals surface area (Å²) in [6, 6.07) is 8.22. The fourth-order valence-corrected chi connectivity index (χ4v) is 6.67. The lowest BCUT2D eigenvalue weighted by molar-refractivity contribution is -0.143. The number of thioether (sulfide) groups is 1. The molecule has 3 aliphatic heterocycles. The highest BCUT2D eigenvalue weighted by Gasteiger charge is 2.54. The van der Waals surface area contributed by atoms with Crippen molar-refractivity contribution in [3.8, 4) is 0 Å². The van der Waals surface area contributed by atoms with Crippen LogP contribution in [0.25, 0.3) is 0 Å². The second kappa shape index (κ2) is 11.2. The van der Waals surface area contributed by atoms with Crippen molar-refractivity contribution < 1.29 is 19.1 Å². The van der Waals surface area contributed by atoms with Gasteiger partial charge in [-0.05, 0) is 37.3 Å². The lowest BCUT2D eigenvalue weighted by atomic mass is 9.73. The molecule has 0 bridgehead atoms. The van der Waals surface area contributed by atoms with E-state index in [0.717, 1.165) is 50.1 Å². The zero-order valence-corrected chi connectivity index (χ0v) is 21.3. The lowest BCUT2D eigenvalue weighted by Crippen LogP contribution is -2.50. The van der Waals surface area contributed by atoms with Gasteiger partial charge in [0, 0.05) is 76.8 Å². The molecule has 8 heteroatoms. The largest absolute Gasteiger partial charge is 0.385 e. The van der Waals surface area contributed by atoms with Crippen LogP contribution in [0.1, 0.15) is 43.2 Å². The summed E-state index contributed by atoms with van der Waals surface area (Å²) >= 11 is 2.01. The Morgan fingerprint density at radius 3 is 2.50 bits per heavy atom. The summed E-state index contributed by atoms with van der Waals surface area (Å²) in [4.78, 5) is 46.1. The van der Waals surface area contributed by atoms with Gasteiger partial charge in [-0.25, -0.2) is 0 Å². The number of piperidine rings is 1. The molecule has 7 nitrogen and oxygen atoms in total. The first kappa shape index (κ1) is 25.2. The molecular formula is C26H37N3O4S. The topological polar surface area (TPSA) is 70.2 Å². The number of rotatable bonds is 8. The van der Waals surface area contributed by atoms with Gasteiger partial charge < -0.3 is 9.64 Å². The third kappa shape index (κ3) is 5.19. The zero-order valence-electron chi connectivity index (χ0n) is 20.5. The average molecular weight is 488 g/mol. The third-order valence-electron chi connectivity index (χ3n) is 7.63. The Hall–Kier alpha value is -1.90. The van der Waals surface area contributed by atoms with E-state index in [-0.39, 0.29) is 30.6 Å². The molecule has 0 aliphatic carbocycles. The minimum Gasteiger partial charge on any atom is -0.385 e. The minimum atomic E-state index is -1.12. The van der Waals surface area contributed by atoms with Gasteiger partial charge in [-0.1, -0.05) is 24.3 Å². The van der Waals surface area contributed by atoms with E-state index >= 15 is 0 Å². The van der Waals surface area contributed by atoms with Crippen LogP contribution in [0.4, 0.5) is 0 Å². The highest BCUT2D eigenvalue weighted by atomic mass is 32.2. The van der Waals surface area contributed by atoms with Gasteiger partial charge in [0.25, 0.3) is 0 Å². The molecule has 3 aliphatic rings. The van der Waals surface area contributed by atoms with Crippen molar-refractivity contribution in [3.05, 3.63) is 35.4 Å². The van der Waals surface area contributed by atoms with Gasteiger partial charge in [-0.15, -0.1) is 0 Å². The van der Waals surface area contributed by atoms with E-state index in [9.17, 15) is 14.4 Å². The van der Waals surface area contributed by atoms with Crippen LogP contribution >= 0.6 is 11.8 Å². The van der Waals surface area contributed by atoms with Gasteiger partial charge in [0.1, 0.15) is 0 Å². The molecule has 186 valence electrons. The minimum absolute atomic E-state index is 0.0178. The molecule has 3 fully saturated rings. The molecule has 3 saturated heterocycles. The second-order valence-corrected chi connectivity index (χ2v) is 10.9. The number of imide groups is 1. The van der Waals surface area contributed by atoms with Crippen LogP contribution in [0.2, 0.25) is 0 Å². The van der Waals surface area contributed by atoms with Crippen LogP contribution in [0.3, 0.4) is 0 Å². The van der Waals surface area contributed by atoms with E-state index in [1.807, 2.05) is 47.9 Å². The molecule has 0 saturated carbocycles. The van der Waals surface area contributed by atoms with E-state index in [2.05, 4.69) is 4.90 Å². The molecular weight excluding hydrogens is 450 g/mol. The molecule has 1 atom stereocenters. The lowest BCUT2D eigenvalue weighted by Gasteiger charge is -2.40. The van der Waals surface area contributed by atoms with Crippen molar-refractivity contribution in [2.75, 3.05) is 57.9 Å². The van der Waals surface area contributed by atoms with Crippen molar-refractivity contribution in [1.82, 2.24) is 14.7 Å². The summed E-state index contributed by atoms with van der Waals surface area (Å²) in [6.45, 7) is 6.47. The number of amides is 3. The second-order valence-electron chi connectivity index (χ2n) is 9.71. The number of ether oxygens (including phenoxy) is 1. The predicted octanol–water partition coefficient (Wildman–Crippen LogP) is 2.46. The van der Waals surface area contributed by atoms with Gasteiger partial charge in [-0.2, -0.15) is 11.8 Å². The molecule has 0 N–H and O–H groups in total. The SMILES string of the molecule is COCCCN1C(=O)C[C@](CC(=O)N2CCC(N3CCSCC3)CC2)(c2ccccc2C)C1=O. The van der Waals surface area contributed by atoms with Crippen molar-refractivity contribution in [2.24, 2.45) is 0 Å². The van der Waals surface area contributed by atoms with Crippen LogP contribution in [0.15, 0.2) is 24.3 Å². The molecule has 34 heavy (non-hydrogen) atoms. The zero-order chi connectivity index (χ0) is 24.1. The first-order chi connectivity index (χ1) is 16.5. The molecule has 0 aromatic heterocycles. The number of nitrogens with zero attached hydrogens (tertiary/aromatic N) is 3. The molecule has 1 aromatic rings. The van der Waals surface area contributed by atoms with Gasteiger partial charge in [0.15, 0.2) is 0 Å². The third-order valence-corrected chi connectivity index (χ3v) is 8.57. The van der Waals surface area contributed by atoms with Crippen molar-refractivity contribution in [1.29, 1.82) is 0 Å². The maximum atomic E-state index is 13.7. The number of aryl methyl sites for hydroxylation is 1. The van der Waals surface area contributed by atoms with E-state index < -0.39 is 5.41 Å². The summed E-state index contributed by atoms with van der Waals surface area (Å²) in [5.74, 6) is 1.93. The van der Waals surface area contributed by atoms with Crippen molar-refractivity contribution >= 4 is 29.5 Å². The standard InChI is InChI=1S/C26H37N3O4S/c1-20-6-3-4-7-22(20)26(19-24(31)29(25(26)32)10-5-15-33-2)18-23(30)28-11-8-21(9-12-28)27-13-16-34-17-14-27/h3-4,6-7,21H,5,8-19H2,1-2H3/t26-/m1/s1. The first-order valence-corrected chi connectivity index (χ1v) is 13.6. The smallest absolute Gasteiger partial charge is 0.240 e. The van der Waals surface area contributed by atoms with Gasteiger partial charge >= 0.3 is 0 Å². The van der Waals surface area contributed by atoms with Crippen molar-refractivity contribution in [3.63, 3.8) is 0 Å². The Balaban J connectivity index is 1.50. The number of methoxy groups -OCH3 is 1. The predicted molar refractivity (Wildman–Crippen MR) is 134 cm³/mol. The fourth-order valence-electron chi connectivity index (χ4n) is 5.74. The summed E-state index contributed by atoms with van der Waals surface area (Å²) < 4.78 is 5.11. The number of carbonyl (C=O) groups excluding carboxylic acids is 3. The Labute approximate surface area is 207 Å². The van der Waals surface area contributed by atoms with Crippen LogP contribution in [0, 0.1) is 6.92 Å². The summed E-state index contributed by atoms with van der Waals surface area (Å²) in [6.07, 6.45) is 2.65. The van der Waals surface area contributed by atoms with Crippen LogP contribution in [-0.4, -0.2) is 96.4 Å². The van der Waals surface area contributed by atoms with E-state index in [4.69, 9.17) is 4.74 Å². The van der Waals surface area contributed by atoms with Crippen LogP contribution < -0.4 is 0 Å². The molecule has 4 rings (SSSR count). The molecule has 0 unspecified atom stereocenters. The Morgan fingerprint density at radius 1 is 1.12 bits per heavy atom. The number of hydrogen-bond acceptors (Lipinski definition) is 6. The molecule has 0 radical (unpaired) electrons. The van der Waals surface area contributed by atoms with E-state index in [1.54, 1.807) is 7.11 Å². The summed E-state index contributed by atoms with van der Waals surface area (Å²) in [5, 5.41) is 0. The first-order valence-electron chi connectivity index (χ1n) is 12.5. The number of benzene rings is 1. The quantitative estimate of drug-likeness (QED) is 0.415. The van der Waals surface area contributed by atoms with Crippen molar-refractivity contribution in [2.45, 2.75) is 50.5 Å². The number of likely N-dealkylation sites (tertiary alicyclic amines) is 2. The molecule has 3 heterocycles. The fraction of sp³-hybridized carbons (Fsp3) is 0.654. The maximum absolute atomic E-state index is 13.7. The van der Waals surface area contributed by atoms with Gasteiger partial charge in [0.2, 0.25) is 17.7 Å². The summed E-state index contributed by atoms with van der Waals surface area (Å²) in [7, 11) is 1.61. The molecule has 3 amide bonds. The van der Waals surface area contributed by atoms with E-state index in [1.165, 1.54) is 16.4 Å². The van der Waals surface area contributed by atoms with Gasteiger partial charge in [-0.3, -0.25) is 24.2 Å². The van der Waals surface area contributed by atoms with Crippen LogP contribution in [-0.2, 0) is 24.5 Å². The number of hydrogen-bond donors (Lipinski definition) is 0. The monoisotopic (exact) mass is 487 g/mol. The Morgan fingerprint density at radius 2 is 1.82 bits per heavy atom. The Bertz CT molecular complexity index is 896. The normalized spacial score (nSPS) is 24.8. The summed E-state index contributed by atoms with van der Waals surface area (Å²) in [5.41, 5.74) is 0.626. The van der Waals surface area contributed by atoms with E-state index in [0.29, 0.717) is 25.6 Å². The Kier molecular flexibility index (Phi) is 8.32. The average Bonchev–Trinajstić information content (AvgIpc) is 3.09. The number of carbonyl (C=O) groups is 3. The molecule has 0 spiro atoms. The van der Waals surface area contributed by atoms with Gasteiger partial charge in [0.05, 0.1) is 5.41 Å². The highest BCUT2D eigenvalue weighted by Crippen LogP contribution is 2.42. The maximum Gasteiger partial charge on any atom is 0.240 e. The highest BCUT2D eigenvalue weighted by molar-refractivity contribution is 7.99.